The molecule has 82 valence electrons. The highest BCUT2D eigenvalue weighted by atomic mass is 15.2. The predicted molar refractivity (Wildman–Crippen MR) is 59.5 cm³/mol. The molecule has 0 amide bonds. The molecule has 0 saturated carbocycles. The Hall–Kier alpha value is -1.00. The molecule has 0 aromatic carbocycles. The minimum atomic E-state index is 0.845. The van der Waals surface area contributed by atoms with Gasteiger partial charge in [-0.25, -0.2) is 9.97 Å². The van der Waals surface area contributed by atoms with Crippen molar-refractivity contribution in [2.24, 2.45) is 0 Å². The number of hydrogen-bond donors (Lipinski definition) is 0. The van der Waals surface area contributed by atoms with Gasteiger partial charge in [0, 0.05) is 50.7 Å². The zero-order valence-electron chi connectivity index (χ0n) is 9.48. The minimum Gasteiger partial charge on any atom is -0.304 e. The van der Waals surface area contributed by atoms with E-state index in [1.807, 2.05) is 19.3 Å². The first kappa shape index (κ1) is 10.5. The lowest BCUT2D eigenvalue weighted by Gasteiger charge is -2.32. The molecule has 1 saturated heterocycles. The van der Waals surface area contributed by atoms with Crippen LogP contribution in [0.3, 0.4) is 0 Å². The van der Waals surface area contributed by atoms with Crippen molar-refractivity contribution in [1.29, 1.82) is 0 Å². The Bertz CT molecular complexity index is 301. The van der Waals surface area contributed by atoms with E-state index in [4.69, 9.17) is 0 Å². The second-order valence-electron chi connectivity index (χ2n) is 4.22. The molecule has 0 atom stereocenters. The summed E-state index contributed by atoms with van der Waals surface area (Å²) in [7, 11) is 2.17. The summed E-state index contributed by atoms with van der Waals surface area (Å²) in [5, 5.41) is 0. The van der Waals surface area contributed by atoms with Gasteiger partial charge in [-0.15, -0.1) is 0 Å². The van der Waals surface area contributed by atoms with Gasteiger partial charge in [0.1, 0.15) is 5.82 Å². The number of aromatic nitrogens is 2. The molecule has 4 heteroatoms. The van der Waals surface area contributed by atoms with Crippen molar-refractivity contribution in [2.45, 2.75) is 13.5 Å². The molecular weight excluding hydrogens is 188 g/mol. The first-order valence-corrected chi connectivity index (χ1v) is 5.42. The van der Waals surface area contributed by atoms with Crippen LogP contribution in [0.4, 0.5) is 0 Å². The zero-order valence-corrected chi connectivity index (χ0v) is 9.48. The van der Waals surface area contributed by atoms with E-state index >= 15 is 0 Å². The van der Waals surface area contributed by atoms with Gasteiger partial charge in [-0.1, -0.05) is 0 Å². The highest BCUT2D eigenvalue weighted by Gasteiger charge is 2.13. The lowest BCUT2D eigenvalue weighted by molar-refractivity contribution is 0.148. The van der Waals surface area contributed by atoms with Crippen molar-refractivity contribution in [3.8, 4) is 0 Å². The number of likely N-dealkylation sites (N-methyl/N-ethyl adjacent to an activating group) is 1. The molecular formula is C11H18N4. The van der Waals surface area contributed by atoms with Crippen LogP contribution < -0.4 is 0 Å². The Morgan fingerprint density at radius 1 is 1.13 bits per heavy atom. The molecule has 2 rings (SSSR count). The van der Waals surface area contributed by atoms with Crippen molar-refractivity contribution in [3.05, 3.63) is 23.8 Å². The molecule has 1 fully saturated rings. The maximum atomic E-state index is 4.21. The maximum absolute atomic E-state index is 4.21. The predicted octanol–water partition coefficient (Wildman–Crippen LogP) is 0.532. The Balaban J connectivity index is 1.89. The van der Waals surface area contributed by atoms with Gasteiger partial charge in [0.15, 0.2) is 0 Å². The summed E-state index contributed by atoms with van der Waals surface area (Å²) in [5.74, 6) is 0.845. The Morgan fingerprint density at radius 3 is 2.33 bits per heavy atom. The monoisotopic (exact) mass is 206 g/mol. The summed E-state index contributed by atoms with van der Waals surface area (Å²) >= 11 is 0. The number of nitrogens with zero attached hydrogens (tertiary/aromatic N) is 4. The number of piperazine rings is 1. The van der Waals surface area contributed by atoms with E-state index in [2.05, 4.69) is 26.8 Å². The SMILES string of the molecule is Cc1ncc(CN2CCN(C)CC2)cn1. The Labute approximate surface area is 90.9 Å². The van der Waals surface area contributed by atoms with Crippen molar-refractivity contribution in [3.63, 3.8) is 0 Å². The fraction of sp³-hybridized carbons (Fsp3) is 0.636. The third-order valence-corrected chi connectivity index (χ3v) is 2.84. The summed E-state index contributed by atoms with van der Waals surface area (Å²) in [6.07, 6.45) is 3.86. The van der Waals surface area contributed by atoms with Crippen molar-refractivity contribution in [2.75, 3.05) is 33.2 Å². The van der Waals surface area contributed by atoms with Crippen LogP contribution in [0.15, 0.2) is 12.4 Å². The van der Waals surface area contributed by atoms with E-state index in [-0.39, 0.29) is 0 Å². The second kappa shape index (κ2) is 4.68. The zero-order chi connectivity index (χ0) is 10.7. The van der Waals surface area contributed by atoms with Crippen molar-refractivity contribution >= 4 is 0 Å². The number of aryl methyl sites for hydroxylation is 1. The molecule has 1 aromatic heterocycles. The van der Waals surface area contributed by atoms with Crippen LogP contribution >= 0.6 is 0 Å². The van der Waals surface area contributed by atoms with Gasteiger partial charge < -0.3 is 4.90 Å². The van der Waals surface area contributed by atoms with Crippen LogP contribution in [0.1, 0.15) is 11.4 Å². The smallest absolute Gasteiger partial charge is 0.125 e. The highest BCUT2D eigenvalue weighted by molar-refractivity contribution is 5.04. The summed E-state index contributed by atoms with van der Waals surface area (Å²) in [5.41, 5.74) is 1.21. The summed E-state index contributed by atoms with van der Waals surface area (Å²) in [6, 6.07) is 0. The van der Waals surface area contributed by atoms with Crippen LogP contribution in [-0.4, -0.2) is 53.0 Å². The van der Waals surface area contributed by atoms with Gasteiger partial charge in [0.2, 0.25) is 0 Å². The minimum absolute atomic E-state index is 0.845. The van der Waals surface area contributed by atoms with Crippen LogP contribution in [0.2, 0.25) is 0 Å². The first-order valence-electron chi connectivity index (χ1n) is 5.42. The highest BCUT2D eigenvalue weighted by Crippen LogP contribution is 2.05. The van der Waals surface area contributed by atoms with Crippen LogP contribution in [0, 0.1) is 6.92 Å². The molecule has 0 N–H and O–H groups in total. The molecule has 0 aliphatic carbocycles. The van der Waals surface area contributed by atoms with Crippen LogP contribution in [0.5, 0.6) is 0 Å². The van der Waals surface area contributed by atoms with Gasteiger partial charge in [0.25, 0.3) is 0 Å². The van der Waals surface area contributed by atoms with Gasteiger partial charge >= 0.3 is 0 Å². The first-order chi connectivity index (χ1) is 7.24. The average Bonchev–Trinajstić information content (AvgIpc) is 2.25. The number of hydrogen-bond acceptors (Lipinski definition) is 4. The third kappa shape index (κ3) is 2.97. The van der Waals surface area contributed by atoms with Gasteiger partial charge in [-0.3, -0.25) is 4.90 Å². The van der Waals surface area contributed by atoms with E-state index in [0.717, 1.165) is 38.5 Å². The van der Waals surface area contributed by atoms with E-state index in [1.165, 1.54) is 5.56 Å². The van der Waals surface area contributed by atoms with Gasteiger partial charge in [-0.2, -0.15) is 0 Å². The molecule has 1 aliphatic heterocycles. The topological polar surface area (TPSA) is 32.3 Å². The standard InChI is InChI=1S/C11H18N4/c1-10-12-7-11(8-13-10)9-15-5-3-14(2)4-6-15/h7-8H,3-6,9H2,1-2H3. The van der Waals surface area contributed by atoms with E-state index in [0.29, 0.717) is 0 Å². The molecule has 2 heterocycles. The molecule has 0 bridgehead atoms. The molecule has 0 unspecified atom stereocenters. The summed E-state index contributed by atoms with van der Waals surface area (Å²) in [6.45, 7) is 7.50. The molecule has 0 radical (unpaired) electrons. The van der Waals surface area contributed by atoms with E-state index in [1.54, 1.807) is 0 Å². The molecule has 1 aromatic rings. The summed E-state index contributed by atoms with van der Waals surface area (Å²) in [4.78, 5) is 13.2. The fourth-order valence-electron chi connectivity index (χ4n) is 1.77. The Morgan fingerprint density at radius 2 is 1.73 bits per heavy atom. The molecule has 0 spiro atoms. The van der Waals surface area contributed by atoms with E-state index < -0.39 is 0 Å². The molecule has 1 aliphatic rings. The van der Waals surface area contributed by atoms with Crippen molar-refractivity contribution in [1.82, 2.24) is 19.8 Å². The molecule has 4 nitrogen and oxygen atoms in total. The lowest BCUT2D eigenvalue weighted by Crippen LogP contribution is -2.43. The molecule has 15 heavy (non-hydrogen) atoms. The van der Waals surface area contributed by atoms with E-state index in [9.17, 15) is 0 Å². The van der Waals surface area contributed by atoms with Gasteiger partial charge in [0.05, 0.1) is 0 Å². The third-order valence-electron chi connectivity index (χ3n) is 2.84. The largest absolute Gasteiger partial charge is 0.304 e. The summed E-state index contributed by atoms with van der Waals surface area (Å²) < 4.78 is 0. The fourth-order valence-corrected chi connectivity index (χ4v) is 1.77. The normalized spacial score (nSPS) is 19.3. The Kier molecular flexibility index (Phi) is 3.28. The van der Waals surface area contributed by atoms with Crippen LogP contribution in [-0.2, 0) is 6.54 Å². The average molecular weight is 206 g/mol. The number of rotatable bonds is 2. The maximum Gasteiger partial charge on any atom is 0.125 e. The van der Waals surface area contributed by atoms with Gasteiger partial charge in [-0.05, 0) is 14.0 Å². The van der Waals surface area contributed by atoms with Crippen LogP contribution in [0.25, 0.3) is 0 Å². The second-order valence-corrected chi connectivity index (χ2v) is 4.22. The quantitative estimate of drug-likeness (QED) is 0.706. The van der Waals surface area contributed by atoms with Crippen molar-refractivity contribution < 1.29 is 0 Å². The lowest BCUT2D eigenvalue weighted by atomic mass is 10.2.